The zero-order valence-electron chi connectivity index (χ0n) is 12.0. The van der Waals surface area contributed by atoms with Crippen molar-refractivity contribution >= 4 is 27.6 Å². The lowest BCUT2D eigenvalue weighted by Crippen LogP contribution is -2.43. The van der Waals surface area contributed by atoms with Crippen LogP contribution in [0.15, 0.2) is 41.3 Å². The summed E-state index contributed by atoms with van der Waals surface area (Å²) in [6, 6.07) is 5.73. The van der Waals surface area contributed by atoms with Gasteiger partial charge in [-0.25, -0.2) is 13.6 Å². The lowest BCUT2D eigenvalue weighted by atomic mass is 9.82. The molecule has 1 saturated carbocycles. The predicted molar refractivity (Wildman–Crippen MR) is 79.2 cm³/mol. The molecule has 4 atom stereocenters. The first-order valence-corrected chi connectivity index (χ1v) is 8.65. The first-order chi connectivity index (χ1) is 10.8. The van der Waals surface area contributed by atoms with E-state index in [1.807, 2.05) is 6.08 Å². The molecule has 0 heterocycles. The van der Waals surface area contributed by atoms with Crippen molar-refractivity contribution in [2.45, 2.75) is 11.3 Å². The smallest absolute Gasteiger partial charge is 0.240 e. The lowest BCUT2D eigenvalue weighted by molar-refractivity contribution is -0.313. The number of carboxylic acid groups (broad SMARTS) is 1. The van der Waals surface area contributed by atoms with E-state index < -0.39 is 33.7 Å². The number of amides is 1. The molecule has 1 amide bonds. The third-order valence-electron chi connectivity index (χ3n) is 4.49. The number of primary sulfonamides is 1. The summed E-state index contributed by atoms with van der Waals surface area (Å²) in [4.78, 5) is 23.7. The van der Waals surface area contributed by atoms with Crippen LogP contribution in [0.1, 0.15) is 6.42 Å². The molecule has 0 aromatic heterocycles. The topological polar surface area (TPSA) is 129 Å². The molecule has 122 valence electrons. The van der Waals surface area contributed by atoms with Gasteiger partial charge in [0.1, 0.15) is 4.90 Å². The van der Waals surface area contributed by atoms with Crippen LogP contribution >= 0.6 is 0 Å². The van der Waals surface area contributed by atoms with Gasteiger partial charge in [-0.15, -0.1) is 0 Å². The number of aliphatic carboxylic acids is 1. The first kappa shape index (κ1) is 15.7. The highest BCUT2D eigenvalue weighted by Gasteiger charge is 2.48. The van der Waals surface area contributed by atoms with E-state index in [0.717, 1.165) is 0 Å². The normalized spacial score (nSPS) is 28.7. The number of allylic oxidation sites excluding steroid dienone is 2. The van der Waals surface area contributed by atoms with Gasteiger partial charge >= 0.3 is 0 Å². The van der Waals surface area contributed by atoms with Crippen molar-refractivity contribution in [3.05, 3.63) is 36.4 Å². The monoisotopic (exact) mass is 335 g/mol. The number of nitrogens with one attached hydrogen (secondary N) is 1. The average molecular weight is 335 g/mol. The Labute approximate surface area is 133 Å². The highest BCUT2D eigenvalue weighted by atomic mass is 32.2. The second kappa shape index (κ2) is 5.47. The molecule has 7 nitrogen and oxygen atoms in total. The van der Waals surface area contributed by atoms with Gasteiger partial charge in [0, 0.05) is 11.9 Å². The Hall–Kier alpha value is -2.19. The van der Waals surface area contributed by atoms with Crippen molar-refractivity contribution in [3.8, 4) is 0 Å². The number of fused-ring (bicyclic) bond motifs is 2. The molecule has 23 heavy (non-hydrogen) atoms. The summed E-state index contributed by atoms with van der Waals surface area (Å²) in [5.41, 5.74) is 0.0452. The maximum atomic E-state index is 12.5. The number of carbonyl (C=O) groups is 2. The fraction of sp³-hybridized carbons (Fsp3) is 0.333. The van der Waals surface area contributed by atoms with Crippen molar-refractivity contribution in [3.63, 3.8) is 0 Å². The van der Waals surface area contributed by atoms with Crippen LogP contribution in [0.3, 0.4) is 0 Å². The van der Waals surface area contributed by atoms with Gasteiger partial charge in [0.15, 0.2) is 0 Å². The number of para-hydroxylation sites is 1. The molecule has 3 rings (SSSR count). The van der Waals surface area contributed by atoms with Gasteiger partial charge in [-0.05, 0) is 30.4 Å². The Morgan fingerprint density at radius 2 is 1.74 bits per heavy atom. The summed E-state index contributed by atoms with van der Waals surface area (Å²) in [6.45, 7) is 0. The van der Waals surface area contributed by atoms with Crippen molar-refractivity contribution in [1.82, 2.24) is 0 Å². The van der Waals surface area contributed by atoms with Crippen LogP contribution in [0, 0.1) is 23.7 Å². The summed E-state index contributed by atoms with van der Waals surface area (Å²) in [5, 5.41) is 19.0. The van der Waals surface area contributed by atoms with E-state index >= 15 is 0 Å². The van der Waals surface area contributed by atoms with Gasteiger partial charge < -0.3 is 15.2 Å². The predicted octanol–water partition coefficient (Wildman–Crippen LogP) is -0.539. The third-order valence-corrected chi connectivity index (χ3v) is 5.45. The van der Waals surface area contributed by atoms with Gasteiger partial charge in [-0.2, -0.15) is 0 Å². The average Bonchev–Trinajstić information content (AvgIpc) is 3.07. The molecular formula is C15H15N2O5S-. The fourth-order valence-electron chi connectivity index (χ4n) is 3.54. The number of nitrogens with two attached hydrogens (primary N) is 1. The van der Waals surface area contributed by atoms with Crippen LogP contribution < -0.4 is 15.6 Å². The van der Waals surface area contributed by atoms with E-state index in [4.69, 9.17) is 5.14 Å². The molecule has 0 radical (unpaired) electrons. The number of sulfonamides is 1. The van der Waals surface area contributed by atoms with Gasteiger partial charge in [0.05, 0.1) is 11.6 Å². The molecule has 0 spiro atoms. The Balaban J connectivity index is 1.89. The van der Waals surface area contributed by atoms with Crippen LogP contribution in [0.2, 0.25) is 0 Å². The highest BCUT2D eigenvalue weighted by Crippen LogP contribution is 2.48. The fourth-order valence-corrected chi connectivity index (χ4v) is 4.23. The third kappa shape index (κ3) is 2.75. The zero-order valence-corrected chi connectivity index (χ0v) is 12.8. The number of hydrogen-bond acceptors (Lipinski definition) is 5. The van der Waals surface area contributed by atoms with E-state index in [-0.39, 0.29) is 22.4 Å². The van der Waals surface area contributed by atoms with E-state index in [2.05, 4.69) is 5.32 Å². The SMILES string of the molecule is NS(=O)(=O)c1ccccc1NC(=O)C1C2C=CC(C2)C1C(=O)[O-]. The Morgan fingerprint density at radius 1 is 1.13 bits per heavy atom. The van der Waals surface area contributed by atoms with Crippen molar-refractivity contribution in [1.29, 1.82) is 0 Å². The largest absolute Gasteiger partial charge is 0.550 e. The molecular weight excluding hydrogens is 320 g/mol. The second-order valence-corrected chi connectivity index (χ2v) is 7.38. The van der Waals surface area contributed by atoms with Crippen LogP contribution in [-0.4, -0.2) is 20.3 Å². The van der Waals surface area contributed by atoms with Crippen LogP contribution in [0.25, 0.3) is 0 Å². The number of carboxylic acids is 1. The van der Waals surface area contributed by atoms with Crippen LogP contribution in [0.5, 0.6) is 0 Å². The summed E-state index contributed by atoms with van der Waals surface area (Å²) in [7, 11) is -4.00. The van der Waals surface area contributed by atoms with Gasteiger partial charge in [0.25, 0.3) is 0 Å². The van der Waals surface area contributed by atoms with E-state index in [1.165, 1.54) is 18.2 Å². The minimum atomic E-state index is -4.00. The number of carbonyl (C=O) groups excluding carboxylic acids is 2. The molecule has 1 fully saturated rings. The number of hydrogen-bond donors (Lipinski definition) is 2. The molecule has 0 saturated heterocycles. The highest BCUT2D eigenvalue weighted by molar-refractivity contribution is 7.89. The molecule has 1 aromatic carbocycles. The van der Waals surface area contributed by atoms with Crippen LogP contribution in [0.4, 0.5) is 5.69 Å². The van der Waals surface area contributed by atoms with E-state index in [9.17, 15) is 23.1 Å². The maximum absolute atomic E-state index is 12.5. The van der Waals surface area contributed by atoms with Gasteiger partial charge in [-0.1, -0.05) is 24.3 Å². The van der Waals surface area contributed by atoms with E-state index in [1.54, 1.807) is 12.1 Å². The van der Waals surface area contributed by atoms with Gasteiger partial charge in [-0.3, -0.25) is 4.79 Å². The molecule has 3 N–H and O–H groups in total. The molecule has 2 bridgehead atoms. The summed E-state index contributed by atoms with van der Waals surface area (Å²) in [5.74, 6) is -3.86. The second-order valence-electron chi connectivity index (χ2n) is 5.85. The van der Waals surface area contributed by atoms with Gasteiger partial charge in [0.2, 0.25) is 15.9 Å². The Bertz CT molecular complexity index is 802. The first-order valence-electron chi connectivity index (χ1n) is 7.11. The molecule has 0 aliphatic heterocycles. The zero-order chi connectivity index (χ0) is 16.8. The summed E-state index contributed by atoms with van der Waals surface area (Å²) in [6.07, 6.45) is 4.22. The number of anilines is 1. The molecule has 2 aliphatic carbocycles. The maximum Gasteiger partial charge on any atom is 0.240 e. The van der Waals surface area contributed by atoms with Crippen molar-refractivity contribution < 1.29 is 23.1 Å². The summed E-state index contributed by atoms with van der Waals surface area (Å²) >= 11 is 0. The Morgan fingerprint density at radius 3 is 2.35 bits per heavy atom. The Kier molecular flexibility index (Phi) is 3.73. The summed E-state index contributed by atoms with van der Waals surface area (Å²) < 4.78 is 23.1. The molecule has 2 aliphatic rings. The number of benzene rings is 1. The molecule has 4 unspecified atom stereocenters. The standard InChI is InChI=1S/C15H16N2O5S/c16-23(21,22)11-4-2-1-3-10(11)17-14(18)12-8-5-6-9(7-8)13(12)15(19)20/h1-6,8-9,12-13H,7H2,(H,17,18)(H,19,20)(H2,16,21,22)/p-1. The molecule has 8 heteroatoms. The van der Waals surface area contributed by atoms with Crippen molar-refractivity contribution in [2.75, 3.05) is 5.32 Å². The van der Waals surface area contributed by atoms with E-state index in [0.29, 0.717) is 6.42 Å². The minimum Gasteiger partial charge on any atom is -0.550 e. The van der Waals surface area contributed by atoms with Crippen LogP contribution in [-0.2, 0) is 19.6 Å². The minimum absolute atomic E-state index is 0.0452. The number of rotatable bonds is 4. The lowest BCUT2D eigenvalue weighted by Gasteiger charge is -2.28. The quantitative estimate of drug-likeness (QED) is 0.714. The molecule has 1 aromatic rings. The van der Waals surface area contributed by atoms with Crippen molar-refractivity contribution in [2.24, 2.45) is 28.8 Å².